The summed E-state index contributed by atoms with van der Waals surface area (Å²) in [6.45, 7) is 0.767. The molecular formula is C11H13F2NO2. The minimum Gasteiger partial charge on any atom is -0.504 e. The highest BCUT2D eigenvalue weighted by Gasteiger charge is 2.27. The van der Waals surface area contributed by atoms with Crippen LogP contribution in [0.3, 0.4) is 0 Å². The first-order valence-corrected chi connectivity index (χ1v) is 5.13. The van der Waals surface area contributed by atoms with Gasteiger partial charge in [-0.25, -0.2) is 8.78 Å². The molecule has 1 unspecified atom stereocenters. The average molecular weight is 229 g/mol. The van der Waals surface area contributed by atoms with Gasteiger partial charge in [0, 0.05) is 12.1 Å². The van der Waals surface area contributed by atoms with E-state index in [9.17, 15) is 13.9 Å². The van der Waals surface area contributed by atoms with Gasteiger partial charge < -0.3 is 15.2 Å². The molecule has 3 nitrogen and oxygen atoms in total. The Morgan fingerprint density at radius 2 is 2.19 bits per heavy atom. The summed E-state index contributed by atoms with van der Waals surface area (Å²) in [6.07, 6.45) is 1.63. The first-order valence-electron chi connectivity index (χ1n) is 5.13. The molecular weight excluding hydrogens is 216 g/mol. The number of phenols is 1. The molecule has 0 spiro atoms. The molecule has 1 aromatic rings. The Morgan fingerprint density at radius 3 is 2.75 bits per heavy atom. The van der Waals surface area contributed by atoms with Crippen molar-refractivity contribution in [3.8, 4) is 11.5 Å². The lowest BCUT2D eigenvalue weighted by molar-refractivity contribution is 0.340. The van der Waals surface area contributed by atoms with Crippen molar-refractivity contribution < 1.29 is 18.6 Å². The third-order valence-electron chi connectivity index (χ3n) is 2.81. The van der Waals surface area contributed by atoms with E-state index in [1.807, 2.05) is 0 Å². The zero-order valence-corrected chi connectivity index (χ0v) is 8.89. The maximum atomic E-state index is 13.6. The largest absolute Gasteiger partial charge is 0.504 e. The van der Waals surface area contributed by atoms with Crippen LogP contribution in [0, 0.1) is 11.6 Å². The van der Waals surface area contributed by atoms with Crippen LogP contribution in [0.5, 0.6) is 11.5 Å². The summed E-state index contributed by atoms with van der Waals surface area (Å²) in [4.78, 5) is 0. The second-order valence-electron chi connectivity index (χ2n) is 3.78. The number of hydrogen-bond donors (Lipinski definition) is 2. The summed E-state index contributed by atoms with van der Waals surface area (Å²) in [5.74, 6) is -2.38. The van der Waals surface area contributed by atoms with E-state index >= 15 is 0 Å². The lowest BCUT2D eigenvalue weighted by Crippen LogP contribution is -2.15. The quantitative estimate of drug-likeness (QED) is 0.816. The number of halogens is 2. The summed E-state index contributed by atoms with van der Waals surface area (Å²) in [5.41, 5.74) is 0.0933. The minimum absolute atomic E-state index is 0.0933. The van der Waals surface area contributed by atoms with Crippen LogP contribution in [0.15, 0.2) is 6.07 Å². The van der Waals surface area contributed by atoms with Crippen molar-refractivity contribution in [2.45, 2.75) is 18.9 Å². The summed E-state index contributed by atoms with van der Waals surface area (Å²) in [7, 11) is 1.24. The second-order valence-corrected chi connectivity index (χ2v) is 3.78. The van der Waals surface area contributed by atoms with Crippen molar-refractivity contribution in [2.75, 3.05) is 13.7 Å². The number of rotatable bonds is 2. The molecule has 1 saturated heterocycles. The molecule has 1 aliphatic heterocycles. The number of ether oxygens (including phenoxy) is 1. The molecule has 1 aromatic carbocycles. The molecule has 1 heterocycles. The summed E-state index contributed by atoms with van der Waals surface area (Å²) >= 11 is 0. The van der Waals surface area contributed by atoms with Crippen molar-refractivity contribution in [1.82, 2.24) is 5.32 Å². The number of hydrogen-bond acceptors (Lipinski definition) is 3. The molecule has 16 heavy (non-hydrogen) atoms. The van der Waals surface area contributed by atoms with Crippen molar-refractivity contribution in [1.29, 1.82) is 0 Å². The van der Waals surface area contributed by atoms with Gasteiger partial charge in [0.05, 0.1) is 12.7 Å². The van der Waals surface area contributed by atoms with E-state index in [1.54, 1.807) is 0 Å². The van der Waals surface area contributed by atoms with E-state index < -0.39 is 17.4 Å². The van der Waals surface area contributed by atoms with Gasteiger partial charge in [-0.2, -0.15) is 0 Å². The number of benzene rings is 1. The van der Waals surface area contributed by atoms with Gasteiger partial charge in [0.15, 0.2) is 17.3 Å². The summed E-state index contributed by atoms with van der Waals surface area (Å²) in [6, 6.07) is 0.475. The van der Waals surface area contributed by atoms with Crippen LogP contribution >= 0.6 is 0 Å². The van der Waals surface area contributed by atoms with Crippen molar-refractivity contribution in [3.63, 3.8) is 0 Å². The fourth-order valence-electron chi connectivity index (χ4n) is 2.06. The molecule has 5 heteroatoms. The van der Waals surface area contributed by atoms with Gasteiger partial charge in [0.1, 0.15) is 5.82 Å². The van der Waals surface area contributed by atoms with Crippen LogP contribution in [0.25, 0.3) is 0 Å². The molecule has 1 aliphatic rings. The predicted molar refractivity (Wildman–Crippen MR) is 54.6 cm³/mol. The average Bonchev–Trinajstić information content (AvgIpc) is 2.70. The molecule has 1 atom stereocenters. The van der Waals surface area contributed by atoms with E-state index in [2.05, 4.69) is 5.32 Å². The smallest absolute Gasteiger partial charge is 0.197 e. The van der Waals surface area contributed by atoms with E-state index in [0.717, 1.165) is 25.5 Å². The Hall–Kier alpha value is -1.36. The number of methoxy groups -OCH3 is 1. The first-order chi connectivity index (χ1) is 7.65. The minimum atomic E-state index is -0.890. The lowest BCUT2D eigenvalue weighted by atomic mass is 10.0. The number of aromatic hydroxyl groups is 1. The Balaban J connectivity index is 2.50. The Bertz CT molecular complexity index is 403. The van der Waals surface area contributed by atoms with E-state index in [1.165, 1.54) is 7.11 Å². The monoisotopic (exact) mass is 229 g/mol. The highest BCUT2D eigenvalue weighted by molar-refractivity contribution is 5.49. The highest BCUT2D eigenvalue weighted by atomic mass is 19.1. The lowest BCUT2D eigenvalue weighted by Gasteiger charge is -2.16. The molecule has 0 radical (unpaired) electrons. The van der Waals surface area contributed by atoms with Crippen LogP contribution in [0.1, 0.15) is 24.4 Å². The topological polar surface area (TPSA) is 41.5 Å². The summed E-state index contributed by atoms with van der Waals surface area (Å²) < 4.78 is 31.5. The van der Waals surface area contributed by atoms with Crippen LogP contribution < -0.4 is 10.1 Å². The van der Waals surface area contributed by atoms with Crippen molar-refractivity contribution in [2.24, 2.45) is 0 Å². The first kappa shape index (κ1) is 11.1. The van der Waals surface area contributed by atoms with Crippen LogP contribution in [0.2, 0.25) is 0 Å². The normalized spacial score (nSPS) is 20.1. The molecule has 2 N–H and O–H groups in total. The van der Waals surface area contributed by atoms with Crippen LogP contribution in [0.4, 0.5) is 8.78 Å². The van der Waals surface area contributed by atoms with Gasteiger partial charge in [0.2, 0.25) is 0 Å². The number of phenolic OH excluding ortho intramolecular Hbond substituents is 1. The predicted octanol–water partition coefficient (Wildman–Crippen LogP) is 2.10. The second kappa shape index (κ2) is 4.25. The maximum absolute atomic E-state index is 13.6. The van der Waals surface area contributed by atoms with Crippen molar-refractivity contribution >= 4 is 0 Å². The van der Waals surface area contributed by atoms with Crippen molar-refractivity contribution in [3.05, 3.63) is 23.3 Å². The summed E-state index contributed by atoms with van der Waals surface area (Å²) in [5, 5.41) is 12.8. The Kier molecular flexibility index (Phi) is 2.96. The SMILES string of the molecule is COc1c(F)cc(F)c(C2CCCN2)c1O. The van der Waals surface area contributed by atoms with Gasteiger partial charge >= 0.3 is 0 Å². The fraction of sp³-hybridized carbons (Fsp3) is 0.455. The van der Waals surface area contributed by atoms with Gasteiger partial charge in [0.25, 0.3) is 0 Å². The van der Waals surface area contributed by atoms with Gasteiger partial charge in [-0.15, -0.1) is 0 Å². The number of nitrogens with one attached hydrogen (secondary N) is 1. The maximum Gasteiger partial charge on any atom is 0.197 e. The van der Waals surface area contributed by atoms with Crippen LogP contribution in [-0.4, -0.2) is 18.8 Å². The third-order valence-corrected chi connectivity index (χ3v) is 2.81. The van der Waals surface area contributed by atoms with Gasteiger partial charge in [-0.3, -0.25) is 0 Å². The zero-order chi connectivity index (χ0) is 11.7. The Morgan fingerprint density at radius 1 is 1.44 bits per heavy atom. The molecule has 2 rings (SSSR count). The highest BCUT2D eigenvalue weighted by Crippen LogP contribution is 2.40. The molecule has 0 amide bonds. The molecule has 88 valence electrons. The van der Waals surface area contributed by atoms with Gasteiger partial charge in [-0.1, -0.05) is 0 Å². The Labute approximate surface area is 92.0 Å². The van der Waals surface area contributed by atoms with Crippen LogP contribution in [-0.2, 0) is 0 Å². The molecule has 0 aromatic heterocycles. The molecule has 0 bridgehead atoms. The molecule has 0 saturated carbocycles. The molecule has 0 aliphatic carbocycles. The standard InChI is InChI=1S/C11H13F2NO2/c1-16-11-7(13)5-6(12)9(10(11)15)8-3-2-4-14-8/h5,8,14-15H,2-4H2,1H3. The van der Waals surface area contributed by atoms with E-state index in [4.69, 9.17) is 4.74 Å². The van der Waals surface area contributed by atoms with E-state index in [-0.39, 0.29) is 17.4 Å². The van der Waals surface area contributed by atoms with E-state index in [0.29, 0.717) is 0 Å². The third kappa shape index (κ3) is 1.71. The molecule has 1 fully saturated rings. The fourth-order valence-corrected chi connectivity index (χ4v) is 2.06. The zero-order valence-electron chi connectivity index (χ0n) is 8.89. The van der Waals surface area contributed by atoms with Gasteiger partial charge in [-0.05, 0) is 19.4 Å².